The summed E-state index contributed by atoms with van der Waals surface area (Å²) in [6.07, 6.45) is 4.34. The van der Waals surface area contributed by atoms with Crippen LogP contribution in [0, 0.1) is 6.92 Å². The molecule has 8 nitrogen and oxygen atoms in total. The number of benzene rings is 1. The maximum absolute atomic E-state index is 11.6. The van der Waals surface area contributed by atoms with Crippen molar-refractivity contribution in [3.63, 3.8) is 0 Å². The van der Waals surface area contributed by atoms with Gasteiger partial charge in [-0.2, -0.15) is 5.10 Å². The van der Waals surface area contributed by atoms with Gasteiger partial charge in [-0.1, -0.05) is 0 Å². The monoisotopic (exact) mass is 366 g/mol. The second kappa shape index (κ2) is 6.02. The number of hydrogen-bond acceptors (Lipinski definition) is 6. The van der Waals surface area contributed by atoms with Crippen LogP contribution in [-0.4, -0.2) is 30.8 Å². The predicted molar refractivity (Wildman–Crippen MR) is 102 cm³/mol. The molecular formula is C19H22N6O2. The Morgan fingerprint density at radius 2 is 2.07 bits per heavy atom. The van der Waals surface area contributed by atoms with Gasteiger partial charge >= 0.3 is 0 Å². The van der Waals surface area contributed by atoms with Gasteiger partial charge in [0.25, 0.3) is 5.91 Å². The smallest absolute Gasteiger partial charge is 0.252 e. The maximum atomic E-state index is 11.6. The number of primary amides is 1. The summed E-state index contributed by atoms with van der Waals surface area (Å²) in [5.74, 6) is -0.330. The minimum Gasteiger partial charge on any atom is -0.384 e. The van der Waals surface area contributed by atoms with E-state index in [1.165, 1.54) is 6.20 Å². The van der Waals surface area contributed by atoms with Crippen LogP contribution in [0.15, 0.2) is 24.5 Å². The van der Waals surface area contributed by atoms with E-state index in [4.69, 9.17) is 5.73 Å². The number of nitrogens with one attached hydrogen (secondary N) is 1. The Kier molecular flexibility index (Phi) is 3.88. The van der Waals surface area contributed by atoms with Crippen LogP contribution >= 0.6 is 0 Å². The fraction of sp³-hybridized carbons (Fsp3) is 0.368. The van der Waals surface area contributed by atoms with E-state index in [9.17, 15) is 9.90 Å². The van der Waals surface area contributed by atoms with E-state index in [0.29, 0.717) is 24.5 Å². The van der Waals surface area contributed by atoms with E-state index < -0.39 is 11.5 Å². The highest BCUT2D eigenvalue weighted by Crippen LogP contribution is 2.45. The number of carbonyl (C=O) groups excluding carboxylic acids is 1. The number of fused-ring (bicyclic) bond motifs is 1. The van der Waals surface area contributed by atoms with Gasteiger partial charge in [-0.05, 0) is 51.3 Å². The molecule has 1 saturated carbocycles. The summed E-state index contributed by atoms with van der Waals surface area (Å²) in [5, 5.41) is 19.2. The van der Waals surface area contributed by atoms with Gasteiger partial charge in [0, 0.05) is 23.3 Å². The quantitative estimate of drug-likeness (QED) is 0.638. The van der Waals surface area contributed by atoms with Crippen LogP contribution in [0.3, 0.4) is 0 Å². The number of anilines is 2. The summed E-state index contributed by atoms with van der Waals surface area (Å²) >= 11 is 0. The lowest BCUT2D eigenvalue weighted by molar-refractivity contribution is 0.0983. The van der Waals surface area contributed by atoms with Gasteiger partial charge < -0.3 is 16.2 Å². The second-order valence-electron chi connectivity index (χ2n) is 7.39. The molecule has 1 fully saturated rings. The fourth-order valence-corrected chi connectivity index (χ4v) is 3.21. The van der Waals surface area contributed by atoms with Gasteiger partial charge in [0.05, 0.1) is 23.0 Å². The van der Waals surface area contributed by atoms with Crippen LogP contribution in [0.25, 0.3) is 10.9 Å². The lowest BCUT2D eigenvalue weighted by Gasteiger charge is -2.15. The number of nitrogens with two attached hydrogens (primary N) is 1. The molecule has 0 spiro atoms. The first kappa shape index (κ1) is 17.4. The van der Waals surface area contributed by atoms with Crippen molar-refractivity contribution in [3.8, 4) is 0 Å². The summed E-state index contributed by atoms with van der Waals surface area (Å²) < 4.78 is 1.95. The molecule has 0 unspecified atom stereocenters. The van der Waals surface area contributed by atoms with E-state index in [0.717, 1.165) is 22.2 Å². The third-order valence-electron chi connectivity index (χ3n) is 4.90. The van der Waals surface area contributed by atoms with E-state index in [2.05, 4.69) is 40.3 Å². The van der Waals surface area contributed by atoms with Gasteiger partial charge in [-0.25, -0.2) is 9.97 Å². The number of amides is 1. The van der Waals surface area contributed by atoms with Crippen molar-refractivity contribution in [2.45, 2.75) is 45.3 Å². The van der Waals surface area contributed by atoms with Gasteiger partial charge in [0.2, 0.25) is 5.95 Å². The van der Waals surface area contributed by atoms with Crippen molar-refractivity contribution in [2.75, 3.05) is 5.32 Å². The highest BCUT2D eigenvalue weighted by molar-refractivity contribution is 5.94. The van der Waals surface area contributed by atoms with Gasteiger partial charge in [0.1, 0.15) is 5.60 Å². The molecule has 1 aromatic carbocycles. The van der Waals surface area contributed by atoms with Gasteiger partial charge in [-0.15, -0.1) is 0 Å². The minimum absolute atomic E-state index is 0.158. The molecule has 27 heavy (non-hydrogen) atoms. The number of carbonyl (C=O) groups is 1. The zero-order valence-electron chi connectivity index (χ0n) is 15.5. The molecule has 0 atom stereocenters. The second-order valence-corrected chi connectivity index (χ2v) is 7.39. The predicted octanol–water partition coefficient (Wildman–Crippen LogP) is 2.54. The third-order valence-corrected chi connectivity index (χ3v) is 4.90. The van der Waals surface area contributed by atoms with E-state index in [1.807, 2.05) is 23.9 Å². The summed E-state index contributed by atoms with van der Waals surface area (Å²) in [5.41, 5.74) is 7.62. The number of aliphatic hydroxyl groups is 1. The van der Waals surface area contributed by atoms with Crippen molar-refractivity contribution in [1.82, 2.24) is 19.7 Å². The van der Waals surface area contributed by atoms with Crippen molar-refractivity contribution < 1.29 is 9.90 Å². The lowest BCUT2D eigenvalue weighted by atomic mass is 10.1. The van der Waals surface area contributed by atoms with Gasteiger partial charge in [0.15, 0.2) is 0 Å². The van der Waals surface area contributed by atoms with E-state index in [-0.39, 0.29) is 11.6 Å². The Morgan fingerprint density at radius 1 is 1.33 bits per heavy atom. The van der Waals surface area contributed by atoms with Gasteiger partial charge in [-0.3, -0.25) is 9.48 Å². The summed E-state index contributed by atoms with van der Waals surface area (Å²) in [6.45, 7) is 6.14. The maximum Gasteiger partial charge on any atom is 0.252 e. The molecule has 4 rings (SSSR count). The molecule has 1 aliphatic rings. The first-order chi connectivity index (χ1) is 12.8. The molecule has 1 amide bonds. The van der Waals surface area contributed by atoms with Crippen LogP contribution in [0.5, 0.6) is 0 Å². The third kappa shape index (κ3) is 3.02. The van der Waals surface area contributed by atoms with Crippen molar-refractivity contribution >= 4 is 28.4 Å². The Bertz CT molecular complexity index is 1050. The average molecular weight is 366 g/mol. The molecule has 1 aliphatic carbocycles. The first-order valence-corrected chi connectivity index (χ1v) is 8.93. The number of aromatic nitrogens is 4. The number of nitrogens with zero attached hydrogens (tertiary/aromatic N) is 4. The zero-order chi connectivity index (χ0) is 19.3. The minimum atomic E-state index is -1.08. The molecular weight excluding hydrogens is 344 g/mol. The molecule has 8 heteroatoms. The largest absolute Gasteiger partial charge is 0.384 e. The molecule has 2 aromatic heterocycles. The number of rotatable bonds is 5. The molecule has 3 aromatic rings. The van der Waals surface area contributed by atoms with Crippen LogP contribution < -0.4 is 11.1 Å². The van der Waals surface area contributed by atoms with Crippen LogP contribution in [0.1, 0.15) is 54.3 Å². The number of aryl methyl sites for hydroxylation is 1. The lowest BCUT2D eigenvalue weighted by Crippen LogP contribution is -2.21. The Balaban J connectivity index is 1.75. The SMILES string of the molecule is Cc1cc2cnn(C(C)C)c2cc1Nc1ncc(C(N)=O)c(C2(O)CC2)n1. The Labute approximate surface area is 156 Å². The molecule has 0 aliphatic heterocycles. The molecule has 0 bridgehead atoms. The molecule has 0 radical (unpaired) electrons. The Hall–Kier alpha value is -3.00. The standard InChI is InChI=1S/C19H22N6O2/c1-10(2)25-15-7-14(11(3)6-12(15)8-22-25)23-18-21-9-13(17(20)26)16(24-18)19(27)4-5-19/h6-10,27H,4-5H2,1-3H3,(H2,20,26)(H,21,23,24). The molecule has 4 N–H and O–H groups in total. The summed E-state index contributed by atoms with van der Waals surface area (Å²) in [6, 6.07) is 4.30. The zero-order valence-corrected chi connectivity index (χ0v) is 15.5. The Morgan fingerprint density at radius 3 is 2.70 bits per heavy atom. The van der Waals surface area contributed by atoms with Crippen molar-refractivity contribution in [2.24, 2.45) is 5.73 Å². The molecule has 2 heterocycles. The van der Waals surface area contributed by atoms with Crippen LogP contribution in [0.2, 0.25) is 0 Å². The van der Waals surface area contributed by atoms with Crippen LogP contribution in [-0.2, 0) is 5.60 Å². The summed E-state index contributed by atoms with van der Waals surface area (Å²) in [4.78, 5) is 20.2. The topological polar surface area (TPSA) is 119 Å². The highest BCUT2D eigenvalue weighted by Gasteiger charge is 2.46. The van der Waals surface area contributed by atoms with E-state index in [1.54, 1.807) is 0 Å². The fourth-order valence-electron chi connectivity index (χ4n) is 3.21. The molecule has 140 valence electrons. The van der Waals surface area contributed by atoms with Crippen molar-refractivity contribution in [3.05, 3.63) is 41.3 Å². The van der Waals surface area contributed by atoms with Crippen molar-refractivity contribution in [1.29, 1.82) is 0 Å². The van der Waals surface area contributed by atoms with Crippen LogP contribution in [0.4, 0.5) is 11.6 Å². The average Bonchev–Trinajstić information content (AvgIpc) is 3.23. The first-order valence-electron chi connectivity index (χ1n) is 8.93. The molecule has 0 saturated heterocycles. The highest BCUT2D eigenvalue weighted by atomic mass is 16.3. The number of hydrogen-bond donors (Lipinski definition) is 3. The normalized spacial score (nSPS) is 15.3. The van der Waals surface area contributed by atoms with E-state index >= 15 is 0 Å². The summed E-state index contributed by atoms with van der Waals surface area (Å²) in [7, 11) is 0.